The van der Waals surface area contributed by atoms with Crippen LogP contribution in [0.4, 0.5) is 5.69 Å². The predicted octanol–water partition coefficient (Wildman–Crippen LogP) is 3.92. The van der Waals surface area contributed by atoms with Crippen LogP contribution in [0.1, 0.15) is 23.6 Å². The molecule has 2 aromatic rings. The summed E-state index contributed by atoms with van der Waals surface area (Å²) in [5, 5.41) is 7.20. The van der Waals surface area contributed by atoms with E-state index in [1.807, 2.05) is 75.4 Å². The molecule has 4 nitrogen and oxygen atoms in total. The molecule has 0 aliphatic carbocycles. The number of rotatable bonds is 6. The minimum Gasteiger partial charge on any atom is -0.376 e. The molecule has 0 aliphatic rings. The molecule has 0 fully saturated rings. The summed E-state index contributed by atoms with van der Waals surface area (Å²) in [6.45, 7) is 6.09. The molecule has 1 amide bonds. The molecular weight excluding hydrogens is 298 g/mol. The van der Waals surface area contributed by atoms with Crippen molar-refractivity contribution >= 4 is 23.4 Å². The van der Waals surface area contributed by atoms with Gasteiger partial charge in [0.25, 0.3) is 5.91 Å². The first-order chi connectivity index (χ1) is 11.5. The summed E-state index contributed by atoms with van der Waals surface area (Å²) in [4.78, 5) is 11.9. The van der Waals surface area contributed by atoms with Crippen molar-refractivity contribution in [1.82, 2.24) is 5.43 Å². The Morgan fingerprint density at radius 2 is 1.88 bits per heavy atom. The second kappa shape index (κ2) is 8.67. The SMILES string of the molecule is CC(/C=C\c1ccccc1)=NNC(=O)CNc1ccc(C)cc1C. The maximum Gasteiger partial charge on any atom is 0.259 e. The van der Waals surface area contributed by atoms with Crippen LogP contribution in [-0.4, -0.2) is 18.2 Å². The maximum absolute atomic E-state index is 11.9. The lowest BCUT2D eigenvalue weighted by atomic mass is 10.1. The molecule has 0 saturated carbocycles. The Morgan fingerprint density at radius 1 is 1.12 bits per heavy atom. The molecule has 2 aromatic carbocycles. The van der Waals surface area contributed by atoms with Gasteiger partial charge in [0.05, 0.1) is 12.3 Å². The maximum atomic E-state index is 11.9. The normalized spacial score (nSPS) is 11.5. The van der Waals surface area contributed by atoms with Gasteiger partial charge in [0.15, 0.2) is 0 Å². The molecule has 0 aromatic heterocycles. The molecule has 4 heteroatoms. The van der Waals surface area contributed by atoms with E-state index in [1.54, 1.807) is 0 Å². The van der Waals surface area contributed by atoms with Crippen molar-refractivity contribution in [1.29, 1.82) is 0 Å². The Hall–Kier alpha value is -2.88. The Kier molecular flexibility index (Phi) is 6.32. The number of hydrogen-bond acceptors (Lipinski definition) is 3. The zero-order valence-corrected chi connectivity index (χ0v) is 14.3. The quantitative estimate of drug-likeness (QED) is 0.626. The summed E-state index contributed by atoms with van der Waals surface area (Å²) in [6, 6.07) is 16.0. The molecule has 0 unspecified atom stereocenters. The number of nitrogens with one attached hydrogen (secondary N) is 2. The van der Waals surface area contributed by atoms with Gasteiger partial charge in [0.2, 0.25) is 0 Å². The summed E-state index contributed by atoms with van der Waals surface area (Å²) in [5.41, 5.74) is 7.66. The highest BCUT2D eigenvalue weighted by atomic mass is 16.2. The fraction of sp³-hybridized carbons (Fsp3) is 0.200. The summed E-state index contributed by atoms with van der Waals surface area (Å²) >= 11 is 0. The molecule has 0 radical (unpaired) electrons. The smallest absolute Gasteiger partial charge is 0.259 e. The van der Waals surface area contributed by atoms with Crippen LogP contribution >= 0.6 is 0 Å². The molecule has 0 bridgehead atoms. The van der Waals surface area contributed by atoms with Crippen molar-refractivity contribution in [2.45, 2.75) is 20.8 Å². The highest BCUT2D eigenvalue weighted by Crippen LogP contribution is 2.15. The van der Waals surface area contributed by atoms with Crippen LogP contribution < -0.4 is 10.7 Å². The molecule has 2 N–H and O–H groups in total. The molecule has 0 atom stereocenters. The van der Waals surface area contributed by atoms with Crippen molar-refractivity contribution in [2.75, 3.05) is 11.9 Å². The average molecular weight is 321 g/mol. The van der Waals surface area contributed by atoms with Gasteiger partial charge in [-0.3, -0.25) is 4.79 Å². The molecule has 0 saturated heterocycles. The second-order valence-electron chi connectivity index (χ2n) is 5.70. The number of aryl methyl sites for hydroxylation is 2. The second-order valence-corrected chi connectivity index (χ2v) is 5.70. The first-order valence-corrected chi connectivity index (χ1v) is 7.92. The number of benzene rings is 2. The Bertz CT molecular complexity index is 749. The van der Waals surface area contributed by atoms with Gasteiger partial charge < -0.3 is 5.32 Å². The number of allylic oxidation sites excluding steroid dienone is 1. The Labute approximate surface area is 143 Å². The van der Waals surface area contributed by atoms with Gasteiger partial charge in [-0.05, 0) is 44.0 Å². The molecule has 0 aliphatic heterocycles. The molecule has 124 valence electrons. The van der Waals surface area contributed by atoms with E-state index in [2.05, 4.69) is 21.9 Å². The van der Waals surface area contributed by atoms with Gasteiger partial charge in [-0.1, -0.05) is 54.1 Å². The Morgan fingerprint density at radius 3 is 2.58 bits per heavy atom. The molecule has 0 spiro atoms. The molecule has 0 heterocycles. The van der Waals surface area contributed by atoms with Crippen LogP contribution in [0.3, 0.4) is 0 Å². The van der Waals surface area contributed by atoms with Crippen molar-refractivity contribution in [2.24, 2.45) is 5.10 Å². The summed E-state index contributed by atoms with van der Waals surface area (Å²) in [6.07, 6.45) is 3.83. The van der Waals surface area contributed by atoms with E-state index in [0.29, 0.717) is 0 Å². The first-order valence-electron chi connectivity index (χ1n) is 7.92. The van der Waals surface area contributed by atoms with Crippen molar-refractivity contribution in [3.63, 3.8) is 0 Å². The monoisotopic (exact) mass is 321 g/mol. The largest absolute Gasteiger partial charge is 0.376 e. The van der Waals surface area contributed by atoms with Gasteiger partial charge in [-0.15, -0.1) is 0 Å². The third-order valence-corrected chi connectivity index (χ3v) is 3.49. The summed E-state index contributed by atoms with van der Waals surface area (Å²) < 4.78 is 0. The zero-order valence-electron chi connectivity index (χ0n) is 14.3. The number of carbonyl (C=O) groups excluding carboxylic acids is 1. The number of carbonyl (C=O) groups is 1. The van der Waals surface area contributed by atoms with Gasteiger partial charge in [-0.25, -0.2) is 5.43 Å². The van der Waals surface area contributed by atoms with Crippen LogP contribution in [0, 0.1) is 13.8 Å². The van der Waals surface area contributed by atoms with Gasteiger partial charge in [-0.2, -0.15) is 5.10 Å². The van der Waals surface area contributed by atoms with Crippen LogP contribution in [0.2, 0.25) is 0 Å². The van der Waals surface area contributed by atoms with E-state index in [9.17, 15) is 4.79 Å². The lowest BCUT2D eigenvalue weighted by molar-refractivity contribution is -0.119. The van der Waals surface area contributed by atoms with Crippen LogP contribution in [-0.2, 0) is 4.79 Å². The fourth-order valence-corrected chi connectivity index (χ4v) is 2.20. The standard InChI is InChI=1S/C20H23N3O/c1-15-9-12-19(16(2)13-15)21-14-20(24)23-22-17(3)10-11-18-7-5-4-6-8-18/h4-13,21H,14H2,1-3H3,(H,23,24)/b11-10-,22-17?. The summed E-state index contributed by atoms with van der Waals surface area (Å²) in [5.74, 6) is -0.178. The van der Waals surface area contributed by atoms with E-state index in [1.165, 1.54) is 5.56 Å². The van der Waals surface area contributed by atoms with Gasteiger partial charge in [0.1, 0.15) is 0 Å². The van der Waals surface area contributed by atoms with E-state index in [-0.39, 0.29) is 12.5 Å². The number of hydrazone groups is 1. The van der Waals surface area contributed by atoms with Crippen molar-refractivity contribution < 1.29 is 4.79 Å². The predicted molar refractivity (Wildman–Crippen MR) is 101 cm³/mol. The van der Waals surface area contributed by atoms with E-state index >= 15 is 0 Å². The number of nitrogens with zero attached hydrogens (tertiary/aromatic N) is 1. The lowest BCUT2D eigenvalue weighted by Gasteiger charge is -2.09. The molecule has 24 heavy (non-hydrogen) atoms. The highest BCUT2D eigenvalue weighted by Gasteiger charge is 2.02. The topological polar surface area (TPSA) is 53.5 Å². The average Bonchev–Trinajstić information content (AvgIpc) is 2.58. The Balaban J connectivity index is 1.82. The van der Waals surface area contributed by atoms with E-state index in [4.69, 9.17) is 0 Å². The first kappa shape index (κ1) is 17.5. The number of anilines is 1. The van der Waals surface area contributed by atoms with Gasteiger partial charge in [0, 0.05) is 5.69 Å². The van der Waals surface area contributed by atoms with Crippen LogP contribution in [0.25, 0.3) is 6.08 Å². The summed E-state index contributed by atoms with van der Waals surface area (Å²) in [7, 11) is 0. The minimum atomic E-state index is -0.178. The lowest BCUT2D eigenvalue weighted by Crippen LogP contribution is -2.26. The van der Waals surface area contributed by atoms with Crippen LogP contribution in [0.15, 0.2) is 59.7 Å². The number of hydrogen-bond donors (Lipinski definition) is 2. The molecular formula is C20H23N3O. The third-order valence-electron chi connectivity index (χ3n) is 3.49. The highest BCUT2D eigenvalue weighted by molar-refractivity contribution is 5.97. The van der Waals surface area contributed by atoms with Crippen molar-refractivity contribution in [3.8, 4) is 0 Å². The van der Waals surface area contributed by atoms with Crippen molar-refractivity contribution in [3.05, 3.63) is 71.3 Å². The fourth-order valence-electron chi connectivity index (χ4n) is 2.20. The van der Waals surface area contributed by atoms with Crippen LogP contribution in [0.5, 0.6) is 0 Å². The third kappa shape index (κ3) is 5.72. The number of amides is 1. The van der Waals surface area contributed by atoms with E-state index < -0.39 is 0 Å². The van der Waals surface area contributed by atoms with Gasteiger partial charge >= 0.3 is 0 Å². The van der Waals surface area contributed by atoms with E-state index in [0.717, 1.165) is 22.5 Å². The minimum absolute atomic E-state index is 0.178. The molecule has 2 rings (SSSR count). The zero-order chi connectivity index (χ0) is 17.4.